The van der Waals surface area contributed by atoms with E-state index in [9.17, 15) is 18.0 Å². The maximum Gasteiger partial charge on any atom is 0.416 e. The normalized spacial score (nSPS) is 11.7. The molecule has 0 fully saturated rings. The minimum Gasteiger partial charge on any atom is -0.468 e. The number of carbonyl (C=O) groups is 1. The summed E-state index contributed by atoms with van der Waals surface area (Å²) < 4.78 is 44.8. The van der Waals surface area contributed by atoms with Crippen molar-refractivity contribution in [2.75, 3.05) is 7.11 Å². The molecule has 2 aromatic carbocycles. The predicted octanol–water partition coefficient (Wildman–Crippen LogP) is 3.90. The van der Waals surface area contributed by atoms with Crippen LogP contribution in [0.15, 0.2) is 48.5 Å². The number of nitrogens with zero attached hydrogens (tertiary/aromatic N) is 2. The Morgan fingerprint density at radius 2 is 1.88 bits per heavy atom. The van der Waals surface area contributed by atoms with Crippen LogP contribution in [-0.4, -0.2) is 22.9 Å². The van der Waals surface area contributed by atoms with Crippen molar-refractivity contribution < 1.29 is 22.7 Å². The smallest absolute Gasteiger partial charge is 0.416 e. The van der Waals surface area contributed by atoms with E-state index in [1.54, 1.807) is 0 Å². The third-order valence-corrected chi connectivity index (χ3v) is 3.63. The van der Waals surface area contributed by atoms with Crippen LogP contribution >= 0.6 is 0 Å². The molecule has 0 radical (unpaired) electrons. The number of carbonyl (C=O) groups excluding carboxylic acids is 1. The Kier molecular flexibility index (Phi) is 4.01. The van der Waals surface area contributed by atoms with Crippen molar-refractivity contribution in [1.82, 2.24) is 9.78 Å². The lowest BCUT2D eigenvalue weighted by atomic mass is 10.1. The summed E-state index contributed by atoms with van der Waals surface area (Å²) in [6.45, 7) is -0.263. The number of methoxy groups -OCH3 is 1. The molecule has 0 bridgehead atoms. The number of alkyl halides is 3. The molecule has 1 aromatic heterocycles. The second kappa shape index (κ2) is 5.99. The number of benzene rings is 2. The largest absolute Gasteiger partial charge is 0.468 e. The quantitative estimate of drug-likeness (QED) is 0.683. The first-order valence-electron chi connectivity index (χ1n) is 7.10. The minimum absolute atomic E-state index is 0.231. The van der Waals surface area contributed by atoms with Gasteiger partial charge in [-0.2, -0.15) is 18.3 Å². The van der Waals surface area contributed by atoms with Crippen LogP contribution in [0.5, 0.6) is 0 Å². The van der Waals surface area contributed by atoms with Gasteiger partial charge in [-0.05, 0) is 18.2 Å². The summed E-state index contributed by atoms with van der Waals surface area (Å²) in [5.74, 6) is -0.587. The summed E-state index contributed by atoms with van der Waals surface area (Å²) in [5.41, 5.74) is 0.712. The zero-order valence-electron chi connectivity index (χ0n) is 12.7. The molecule has 4 nitrogen and oxygen atoms in total. The van der Waals surface area contributed by atoms with E-state index >= 15 is 0 Å². The van der Waals surface area contributed by atoms with Gasteiger partial charge in [-0.3, -0.25) is 9.48 Å². The van der Waals surface area contributed by atoms with Gasteiger partial charge < -0.3 is 4.74 Å². The highest BCUT2D eigenvalue weighted by molar-refractivity contribution is 5.94. The maximum atomic E-state index is 13.0. The number of rotatable bonds is 3. The predicted molar refractivity (Wildman–Crippen MR) is 82.2 cm³/mol. The first kappa shape index (κ1) is 16.0. The highest BCUT2D eigenvalue weighted by Crippen LogP contribution is 2.34. The van der Waals surface area contributed by atoms with Gasteiger partial charge in [-0.15, -0.1) is 0 Å². The Balaban J connectivity index is 2.22. The molecule has 24 heavy (non-hydrogen) atoms. The van der Waals surface area contributed by atoms with Crippen LogP contribution < -0.4 is 0 Å². The number of fused-ring (bicyclic) bond motifs is 1. The molecule has 0 aliphatic rings. The fraction of sp³-hybridized carbons (Fsp3) is 0.176. The van der Waals surface area contributed by atoms with Crippen LogP contribution in [0, 0.1) is 0 Å². The highest BCUT2D eigenvalue weighted by atomic mass is 19.4. The molecular formula is C17H13F3N2O2. The van der Waals surface area contributed by atoms with Crippen LogP contribution in [0.1, 0.15) is 5.56 Å². The lowest BCUT2D eigenvalue weighted by Crippen LogP contribution is -2.13. The number of aromatic nitrogens is 2. The van der Waals surface area contributed by atoms with E-state index in [4.69, 9.17) is 0 Å². The monoisotopic (exact) mass is 334 g/mol. The van der Waals surface area contributed by atoms with Gasteiger partial charge in [-0.25, -0.2) is 0 Å². The lowest BCUT2D eigenvalue weighted by Gasteiger charge is -2.07. The molecule has 0 spiro atoms. The first-order valence-corrected chi connectivity index (χ1v) is 7.10. The average Bonchev–Trinajstić information content (AvgIpc) is 2.92. The minimum atomic E-state index is -4.47. The standard InChI is InChI=1S/C17H13F3N2O2/c1-24-15(23)10-22-14-9-12(17(18,19)20)7-8-13(14)16(21-22)11-5-3-2-4-6-11/h2-9H,10H2,1H3. The number of hydrogen-bond acceptors (Lipinski definition) is 3. The van der Waals surface area contributed by atoms with Crippen LogP contribution in [-0.2, 0) is 22.3 Å². The molecule has 0 saturated heterocycles. The van der Waals surface area contributed by atoms with Crippen LogP contribution in [0.4, 0.5) is 13.2 Å². The molecule has 3 rings (SSSR count). The zero-order valence-corrected chi connectivity index (χ0v) is 12.7. The van der Waals surface area contributed by atoms with Crippen LogP contribution in [0.3, 0.4) is 0 Å². The second-order valence-corrected chi connectivity index (χ2v) is 5.18. The summed E-state index contributed by atoms with van der Waals surface area (Å²) in [5, 5.41) is 4.86. The van der Waals surface area contributed by atoms with E-state index in [1.165, 1.54) is 17.9 Å². The van der Waals surface area contributed by atoms with Crippen molar-refractivity contribution in [3.8, 4) is 11.3 Å². The fourth-order valence-electron chi connectivity index (χ4n) is 2.47. The Morgan fingerprint density at radius 1 is 1.17 bits per heavy atom. The van der Waals surface area contributed by atoms with Gasteiger partial charge in [0.15, 0.2) is 0 Å². The maximum absolute atomic E-state index is 13.0. The van der Waals surface area contributed by atoms with Gasteiger partial charge in [0.25, 0.3) is 0 Å². The molecule has 1 heterocycles. The Labute approximate surface area is 135 Å². The molecular weight excluding hydrogens is 321 g/mol. The summed E-state index contributed by atoms with van der Waals surface area (Å²) in [7, 11) is 1.22. The molecule has 0 aliphatic carbocycles. The molecule has 7 heteroatoms. The van der Waals surface area contributed by atoms with Crippen molar-refractivity contribution in [2.24, 2.45) is 0 Å². The molecule has 0 N–H and O–H groups in total. The van der Waals surface area contributed by atoms with E-state index in [-0.39, 0.29) is 12.1 Å². The summed E-state index contributed by atoms with van der Waals surface area (Å²) in [6, 6.07) is 12.5. The molecule has 0 unspecified atom stereocenters. The van der Waals surface area contributed by atoms with Crippen LogP contribution in [0.2, 0.25) is 0 Å². The van der Waals surface area contributed by atoms with Crippen LogP contribution in [0.25, 0.3) is 22.2 Å². The van der Waals surface area contributed by atoms with E-state index in [1.807, 2.05) is 30.3 Å². The van der Waals surface area contributed by atoms with Crippen molar-refractivity contribution in [2.45, 2.75) is 12.7 Å². The topological polar surface area (TPSA) is 44.1 Å². The van der Waals surface area contributed by atoms with Gasteiger partial charge in [0.05, 0.1) is 18.2 Å². The summed E-state index contributed by atoms with van der Waals surface area (Å²) >= 11 is 0. The Bertz CT molecular complexity index is 886. The third-order valence-electron chi connectivity index (χ3n) is 3.63. The lowest BCUT2D eigenvalue weighted by molar-refractivity contribution is -0.141. The Hall–Kier alpha value is -2.83. The van der Waals surface area contributed by atoms with E-state index in [2.05, 4.69) is 9.84 Å². The summed E-state index contributed by atoms with van der Waals surface area (Å²) in [6.07, 6.45) is -4.47. The highest BCUT2D eigenvalue weighted by Gasteiger charge is 2.31. The van der Waals surface area contributed by atoms with Gasteiger partial charge in [0.2, 0.25) is 0 Å². The average molecular weight is 334 g/mol. The SMILES string of the molecule is COC(=O)Cn1nc(-c2ccccc2)c2ccc(C(F)(F)F)cc21. The summed E-state index contributed by atoms with van der Waals surface area (Å²) in [4.78, 5) is 11.5. The second-order valence-electron chi connectivity index (χ2n) is 5.18. The van der Waals surface area contributed by atoms with E-state index in [0.29, 0.717) is 11.1 Å². The number of ether oxygens (including phenoxy) is 1. The number of hydrogen-bond donors (Lipinski definition) is 0. The van der Waals surface area contributed by atoms with E-state index < -0.39 is 17.7 Å². The molecule has 0 aliphatic heterocycles. The van der Waals surface area contributed by atoms with Gasteiger partial charge in [0.1, 0.15) is 12.2 Å². The van der Waals surface area contributed by atoms with Gasteiger partial charge >= 0.3 is 12.1 Å². The first-order chi connectivity index (χ1) is 11.4. The van der Waals surface area contributed by atoms with Crippen molar-refractivity contribution in [1.29, 1.82) is 0 Å². The third kappa shape index (κ3) is 2.97. The molecule has 3 aromatic rings. The fourth-order valence-corrected chi connectivity index (χ4v) is 2.47. The van der Waals surface area contributed by atoms with Crippen molar-refractivity contribution >= 4 is 16.9 Å². The van der Waals surface area contributed by atoms with Gasteiger partial charge in [-0.1, -0.05) is 30.3 Å². The molecule has 124 valence electrons. The Morgan fingerprint density at radius 3 is 2.50 bits per heavy atom. The number of esters is 1. The molecule has 0 atom stereocenters. The van der Waals surface area contributed by atoms with Gasteiger partial charge in [0, 0.05) is 10.9 Å². The molecule has 0 amide bonds. The van der Waals surface area contributed by atoms with Crippen molar-refractivity contribution in [3.05, 3.63) is 54.1 Å². The molecule has 0 saturated carbocycles. The van der Waals surface area contributed by atoms with Crippen molar-refractivity contribution in [3.63, 3.8) is 0 Å². The number of halogens is 3. The zero-order chi connectivity index (χ0) is 17.3. The van der Waals surface area contributed by atoms with E-state index in [0.717, 1.165) is 17.7 Å².